The van der Waals surface area contributed by atoms with E-state index in [4.69, 9.17) is 11.1 Å². The molecule has 3 heteroatoms. The zero-order valence-electron chi connectivity index (χ0n) is 7.03. The lowest BCUT2D eigenvalue weighted by Gasteiger charge is -1.93. The van der Waals surface area contributed by atoms with E-state index in [1.807, 2.05) is 12.1 Å². The molecule has 0 aromatic heterocycles. The van der Waals surface area contributed by atoms with E-state index >= 15 is 0 Å². The van der Waals surface area contributed by atoms with Crippen molar-refractivity contribution in [2.24, 2.45) is 5.73 Å². The number of rotatable bonds is 3. The molecule has 0 bridgehead atoms. The van der Waals surface area contributed by atoms with Gasteiger partial charge in [0.2, 0.25) is 5.91 Å². The molecule has 0 unspecified atom stereocenters. The molecular formula is C10H10N2O. The average Bonchev–Trinajstić information content (AvgIpc) is 2.15. The fraction of sp³-hybridized carbons (Fsp3) is 0. The summed E-state index contributed by atoms with van der Waals surface area (Å²) >= 11 is 0. The van der Waals surface area contributed by atoms with Crippen LogP contribution in [0.15, 0.2) is 30.3 Å². The summed E-state index contributed by atoms with van der Waals surface area (Å²) in [5, 5.41) is 6.97. The van der Waals surface area contributed by atoms with Crippen LogP contribution in [0.3, 0.4) is 0 Å². The lowest BCUT2D eigenvalue weighted by Crippen LogP contribution is -2.05. The maximum absolute atomic E-state index is 10.4. The molecule has 0 saturated carbocycles. The van der Waals surface area contributed by atoms with E-state index in [1.54, 1.807) is 18.2 Å². The summed E-state index contributed by atoms with van der Waals surface area (Å²) in [6, 6.07) is 7.24. The molecule has 1 aromatic rings. The molecule has 0 spiro atoms. The van der Waals surface area contributed by atoms with Gasteiger partial charge in [-0.3, -0.25) is 4.79 Å². The van der Waals surface area contributed by atoms with E-state index in [0.29, 0.717) is 0 Å². The molecule has 0 aliphatic carbocycles. The third-order valence-electron chi connectivity index (χ3n) is 1.54. The van der Waals surface area contributed by atoms with Gasteiger partial charge in [0.25, 0.3) is 0 Å². The lowest BCUT2D eigenvalue weighted by atomic mass is 10.1. The van der Waals surface area contributed by atoms with Crippen LogP contribution in [0.25, 0.3) is 6.08 Å². The molecule has 13 heavy (non-hydrogen) atoms. The number of hydrogen-bond acceptors (Lipinski definition) is 2. The maximum atomic E-state index is 10.4. The second-order valence-electron chi connectivity index (χ2n) is 2.55. The Kier molecular flexibility index (Phi) is 2.97. The molecule has 3 nitrogen and oxygen atoms in total. The number of nitrogens with one attached hydrogen (secondary N) is 1. The van der Waals surface area contributed by atoms with Crippen molar-refractivity contribution >= 4 is 18.2 Å². The summed E-state index contributed by atoms with van der Waals surface area (Å²) in [7, 11) is 0. The van der Waals surface area contributed by atoms with Gasteiger partial charge >= 0.3 is 0 Å². The third kappa shape index (κ3) is 2.91. The van der Waals surface area contributed by atoms with E-state index in [2.05, 4.69) is 0 Å². The van der Waals surface area contributed by atoms with Crippen LogP contribution in [-0.4, -0.2) is 12.1 Å². The van der Waals surface area contributed by atoms with Crippen LogP contribution in [0, 0.1) is 5.41 Å². The average molecular weight is 174 g/mol. The van der Waals surface area contributed by atoms with E-state index in [1.165, 1.54) is 12.3 Å². The van der Waals surface area contributed by atoms with Crippen LogP contribution in [0.1, 0.15) is 11.1 Å². The smallest absolute Gasteiger partial charge is 0.241 e. The monoisotopic (exact) mass is 174 g/mol. The highest BCUT2D eigenvalue weighted by atomic mass is 16.1. The highest BCUT2D eigenvalue weighted by Crippen LogP contribution is 2.03. The van der Waals surface area contributed by atoms with Crippen molar-refractivity contribution in [3.05, 3.63) is 41.5 Å². The number of benzene rings is 1. The summed E-state index contributed by atoms with van der Waals surface area (Å²) in [4.78, 5) is 10.4. The van der Waals surface area contributed by atoms with Crippen LogP contribution in [0.5, 0.6) is 0 Å². The van der Waals surface area contributed by atoms with Crippen molar-refractivity contribution in [1.82, 2.24) is 0 Å². The Morgan fingerprint density at radius 1 is 1.23 bits per heavy atom. The molecule has 66 valence electrons. The van der Waals surface area contributed by atoms with Gasteiger partial charge in [0.05, 0.1) is 0 Å². The van der Waals surface area contributed by atoms with Crippen LogP contribution >= 0.6 is 0 Å². The third-order valence-corrected chi connectivity index (χ3v) is 1.54. The van der Waals surface area contributed by atoms with Crippen molar-refractivity contribution in [3.63, 3.8) is 0 Å². The van der Waals surface area contributed by atoms with E-state index < -0.39 is 5.91 Å². The number of hydrogen-bond donors (Lipinski definition) is 2. The predicted octanol–water partition coefficient (Wildman–Crippen LogP) is 1.18. The van der Waals surface area contributed by atoms with Crippen molar-refractivity contribution in [3.8, 4) is 0 Å². The van der Waals surface area contributed by atoms with Crippen LogP contribution in [0.4, 0.5) is 0 Å². The number of primary amides is 1. The number of nitrogens with two attached hydrogens (primary N) is 1. The number of amides is 1. The Hall–Kier alpha value is -1.90. The highest BCUT2D eigenvalue weighted by molar-refractivity contribution is 5.90. The van der Waals surface area contributed by atoms with Gasteiger partial charge in [-0.05, 0) is 17.2 Å². The van der Waals surface area contributed by atoms with Crippen LogP contribution in [-0.2, 0) is 4.79 Å². The normalized spacial score (nSPS) is 10.2. The first-order chi connectivity index (χ1) is 6.22. The van der Waals surface area contributed by atoms with E-state index in [0.717, 1.165) is 11.1 Å². The largest absolute Gasteiger partial charge is 0.366 e. The molecule has 3 N–H and O–H groups in total. The van der Waals surface area contributed by atoms with Crippen molar-refractivity contribution in [1.29, 1.82) is 5.41 Å². The van der Waals surface area contributed by atoms with Gasteiger partial charge in [-0.1, -0.05) is 24.3 Å². The zero-order valence-corrected chi connectivity index (χ0v) is 7.03. The van der Waals surface area contributed by atoms with Gasteiger partial charge in [-0.25, -0.2) is 0 Å². The standard InChI is InChI=1S/C10H10N2O/c11-7-9-3-1-8(2-4-9)5-6-10(12)13/h1-7,11H,(H2,12,13)/b6-5+,11-7?. The van der Waals surface area contributed by atoms with Gasteiger partial charge in [-0.2, -0.15) is 0 Å². The fourth-order valence-corrected chi connectivity index (χ4v) is 0.882. The minimum Gasteiger partial charge on any atom is -0.366 e. The maximum Gasteiger partial charge on any atom is 0.241 e. The SMILES string of the molecule is N=Cc1ccc(/C=C/C(N)=O)cc1. The Morgan fingerprint density at radius 2 is 1.77 bits per heavy atom. The predicted molar refractivity (Wildman–Crippen MR) is 52.6 cm³/mol. The molecular weight excluding hydrogens is 164 g/mol. The molecule has 0 saturated heterocycles. The summed E-state index contributed by atoms with van der Waals surface area (Å²) < 4.78 is 0. The quantitative estimate of drug-likeness (QED) is 0.524. The molecule has 0 heterocycles. The lowest BCUT2D eigenvalue weighted by molar-refractivity contribution is -0.113. The summed E-state index contributed by atoms with van der Waals surface area (Å²) in [5.41, 5.74) is 6.66. The van der Waals surface area contributed by atoms with Gasteiger partial charge in [-0.15, -0.1) is 0 Å². The minimum absolute atomic E-state index is 0.462. The molecule has 0 radical (unpaired) electrons. The number of carbonyl (C=O) groups excluding carboxylic acids is 1. The molecule has 0 aliphatic rings. The Morgan fingerprint density at radius 3 is 2.23 bits per heavy atom. The van der Waals surface area contributed by atoms with Gasteiger partial charge < -0.3 is 11.1 Å². The molecule has 1 rings (SSSR count). The topological polar surface area (TPSA) is 66.9 Å². The highest BCUT2D eigenvalue weighted by Gasteiger charge is 1.88. The second-order valence-corrected chi connectivity index (χ2v) is 2.55. The summed E-state index contributed by atoms with van der Waals surface area (Å²) in [6.45, 7) is 0. The Labute approximate surface area is 76.4 Å². The van der Waals surface area contributed by atoms with Gasteiger partial charge in [0, 0.05) is 12.3 Å². The molecule has 0 atom stereocenters. The Bertz CT molecular complexity index is 338. The minimum atomic E-state index is -0.462. The molecule has 0 fully saturated rings. The van der Waals surface area contributed by atoms with Crippen molar-refractivity contribution in [2.75, 3.05) is 0 Å². The zero-order chi connectivity index (χ0) is 9.68. The van der Waals surface area contributed by atoms with Crippen LogP contribution in [0.2, 0.25) is 0 Å². The molecule has 1 aromatic carbocycles. The number of carbonyl (C=O) groups is 1. The fourth-order valence-electron chi connectivity index (χ4n) is 0.882. The molecule has 1 amide bonds. The van der Waals surface area contributed by atoms with Gasteiger partial charge in [0.1, 0.15) is 0 Å². The van der Waals surface area contributed by atoms with Crippen molar-refractivity contribution in [2.45, 2.75) is 0 Å². The first-order valence-corrected chi connectivity index (χ1v) is 3.80. The van der Waals surface area contributed by atoms with Crippen molar-refractivity contribution < 1.29 is 4.79 Å². The Balaban J connectivity index is 2.80. The molecule has 0 aliphatic heterocycles. The van der Waals surface area contributed by atoms with Gasteiger partial charge in [0.15, 0.2) is 0 Å². The van der Waals surface area contributed by atoms with E-state index in [9.17, 15) is 4.79 Å². The first kappa shape index (κ1) is 9.19. The summed E-state index contributed by atoms with van der Waals surface area (Å²) in [5.74, 6) is -0.462. The van der Waals surface area contributed by atoms with Crippen LogP contribution < -0.4 is 5.73 Å². The summed E-state index contributed by atoms with van der Waals surface area (Å²) in [6.07, 6.45) is 4.21. The first-order valence-electron chi connectivity index (χ1n) is 3.80. The van der Waals surface area contributed by atoms with E-state index in [-0.39, 0.29) is 0 Å². The second kappa shape index (κ2) is 4.21.